The highest BCUT2D eigenvalue weighted by Gasteiger charge is 2.43. The van der Waals surface area contributed by atoms with Crippen LogP contribution in [0.25, 0.3) is 0 Å². The number of carbonyl (C=O) groups is 1. The number of hydrogen-bond acceptors (Lipinski definition) is 2. The molecule has 0 spiro atoms. The average molecular weight is 255 g/mol. The van der Waals surface area contributed by atoms with Crippen molar-refractivity contribution in [1.82, 2.24) is 5.32 Å². The van der Waals surface area contributed by atoms with E-state index in [0.717, 1.165) is 11.8 Å². The van der Waals surface area contributed by atoms with E-state index < -0.39 is 0 Å². The third-order valence-electron chi connectivity index (χ3n) is 4.54. The Balaban J connectivity index is 1.77. The lowest BCUT2D eigenvalue weighted by Crippen LogP contribution is -3.20. The number of quaternary nitrogens is 1. The number of piperidine rings is 3. The Morgan fingerprint density at radius 3 is 2.83 bits per heavy atom. The number of fused-ring (bicyclic) bond motifs is 3. The van der Waals surface area contributed by atoms with Gasteiger partial charge < -0.3 is 15.0 Å². The van der Waals surface area contributed by atoms with Crippen LogP contribution in [-0.2, 0) is 4.74 Å². The van der Waals surface area contributed by atoms with Crippen molar-refractivity contribution in [3.05, 3.63) is 0 Å². The van der Waals surface area contributed by atoms with Crippen molar-refractivity contribution in [3.8, 4) is 0 Å². The summed E-state index contributed by atoms with van der Waals surface area (Å²) < 4.78 is 5.34. The summed E-state index contributed by atoms with van der Waals surface area (Å²) >= 11 is 0. The van der Waals surface area contributed by atoms with Gasteiger partial charge in [-0.3, -0.25) is 0 Å². The van der Waals surface area contributed by atoms with Crippen LogP contribution in [0.2, 0.25) is 0 Å². The van der Waals surface area contributed by atoms with Crippen molar-refractivity contribution in [2.24, 2.45) is 11.8 Å². The summed E-state index contributed by atoms with van der Waals surface area (Å²) in [5.74, 6) is 1.77. The number of ether oxygens (including phenoxy) is 1. The fourth-order valence-electron chi connectivity index (χ4n) is 3.54. The maximum Gasteiger partial charge on any atom is 0.407 e. The van der Waals surface area contributed by atoms with Crippen LogP contribution in [0.3, 0.4) is 0 Å². The SMILES string of the molecule is CC[C@H]1C[NH+]2CC[C@@H]1C[C@@H]2COC(=O)NC(C)C. The molecule has 0 saturated carbocycles. The van der Waals surface area contributed by atoms with Gasteiger partial charge in [-0.25, -0.2) is 4.79 Å². The molecule has 0 aromatic heterocycles. The number of alkyl carbamates (subject to hydrolysis) is 1. The molecular formula is C14H27N2O2+. The van der Waals surface area contributed by atoms with Crippen LogP contribution in [-0.4, -0.2) is 37.9 Å². The summed E-state index contributed by atoms with van der Waals surface area (Å²) in [5.41, 5.74) is 0. The molecule has 1 amide bonds. The van der Waals surface area contributed by atoms with Crippen LogP contribution < -0.4 is 10.2 Å². The summed E-state index contributed by atoms with van der Waals surface area (Å²) in [6.45, 7) is 9.32. The van der Waals surface area contributed by atoms with Gasteiger partial charge in [-0.05, 0) is 26.2 Å². The molecule has 0 aliphatic carbocycles. The molecule has 2 N–H and O–H groups in total. The standard InChI is InChI=1S/C14H26N2O2/c1-4-11-8-16-6-5-12(11)7-13(16)9-18-14(17)15-10(2)3/h10-13H,4-9H2,1-3H3,(H,15,17)/p+1/t11-,12+,13+/m0/s1. The van der Waals surface area contributed by atoms with Crippen LogP contribution >= 0.6 is 0 Å². The van der Waals surface area contributed by atoms with Gasteiger partial charge in [0.15, 0.2) is 0 Å². The first kappa shape index (κ1) is 13.7. The molecule has 2 bridgehead atoms. The normalized spacial score (nSPS) is 34.7. The van der Waals surface area contributed by atoms with E-state index in [4.69, 9.17) is 4.74 Å². The van der Waals surface area contributed by atoms with Gasteiger partial charge in [0.2, 0.25) is 0 Å². The zero-order chi connectivity index (χ0) is 13.1. The topological polar surface area (TPSA) is 42.8 Å². The molecule has 18 heavy (non-hydrogen) atoms. The maximum absolute atomic E-state index is 11.5. The highest BCUT2D eigenvalue weighted by molar-refractivity contribution is 5.67. The molecule has 3 heterocycles. The second-order valence-corrected chi connectivity index (χ2v) is 6.16. The Morgan fingerprint density at radius 1 is 1.50 bits per heavy atom. The van der Waals surface area contributed by atoms with E-state index >= 15 is 0 Å². The first-order chi connectivity index (χ1) is 8.60. The Morgan fingerprint density at radius 2 is 2.28 bits per heavy atom. The van der Waals surface area contributed by atoms with Crippen LogP contribution in [0.15, 0.2) is 0 Å². The summed E-state index contributed by atoms with van der Waals surface area (Å²) in [6.07, 6.45) is 3.64. The van der Waals surface area contributed by atoms with E-state index in [-0.39, 0.29) is 12.1 Å². The average Bonchev–Trinajstić information content (AvgIpc) is 2.36. The largest absolute Gasteiger partial charge is 0.443 e. The molecule has 3 aliphatic heterocycles. The summed E-state index contributed by atoms with van der Waals surface area (Å²) in [7, 11) is 0. The first-order valence-corrected chi connectivity index (χ1v) is 7.38. The first-order valence-electron chi connectivity index (χ1n) is 7.38. The maximum atomic E-state index is 11.5. The number of amides is 1. The molecule has 1 unspecified atom stereocenters. The molecule has 3 saturated heterocycles. The number of nitrogens with one attached hydrogen (secondary N) is 2. The van der Waals surface area contributed by atoms with E-state index in [1.807, 2.05) is 13.8 Å². The van der Waals surface area contributed by atoms with Crippen LogP contribution in [0.5, 0.6) is 0 Å². The van der Waals surface area contributed by atoms with Crippen LogP contribution in [0.4, 0.5) is 4.79 Å². The molecule has 4 heteroatoms. The van der Waals surface area contributed by atoms with Crippen LogP contribution in [0.1, 0.15) is 40.0 Å². The summed E-state index contributed by atoms with van der Waals surface area (Å²) in [6, 6.07) is 0.682. The predicted molar refractivity (Wildman–Crippen MR) is 70.6 cm³/mol. The lowest BCUT2D eigenvalue weighted by Gasteiger charge is -2.46. The molecule has 0 aromatic carbocycles. The minimum absolute atomic E-state index is 0.150. The second kappa shape index (κ2) is 5.91. The third-order valence-corrected chi connectivity index (χ3v) is 4.54. The van der Waals surface area contributed by atoms with Gasteiger partial charge in [0.05, 0.1) is 13.1 Å². The predicted octanol–water partition coefficient (Wildman–Crippen LogP) is 0.824. The van der Waals surface area contributed by atoms with E-state index in [0.29, 0.717) is 12.6 Å². The van der Waals surface area contributed by atoms with E-state index in [1.165, 1.54) is 32.4 Å². The molecule has 4 atom stereocenters. The monoisotopic (exact) mass is 255 g/mol. The Hall–Kier alpha value is -0.770. The Bertz CT molecular complexity index is 294. The van der Waals surface area contributed by atoms with Gasteiger partial charge in [-0.15, -0.1) is 0 Å². The van der Waals surface area contributed by atoms with Gasteiger partial charge in [-0.1, -0.05) is 6.92 Å². The second-order valence-electron chi connectivity index (χ2n) is 6.16. The van der Waals surface area contributed by atoms with Gasteiger partial charge in [-0.2, -0.15) is 0 Å². The third kappa shape index (κ3) is 3.16. The zero-order valence-corrected chi connectivity index (χ0v) is 11.9. The molecule has 3 fully saturated rings. The molecular weight excluding hydrogens is 228 g/mol. The lowest BCUT2D eigenvalue weighted by atomic mass is 9.75. The number of hydrogen-bond donors (Lipinski definition) is 2. The molecule has 3 aliphatic rings. The summed E-state index contributed by atoms with van der Waals surface area (Å²) in [4.78, 5) is 13.1. The van der Waals surface area contributed by atoms with Crippen molar-refractivity contribution < 1.29 is 14.4 Å². The van der Waals surface area contributed by atoms with Gasteiger partial charge in [0.1, 0.15) is 12.6 Å². The highest BCUT2D eigenvalue weighted by atomic mass is 16.5. The smallest absolute Gasteiger partial charge is 0.407 e. The molecule has 3 rings (SSSR count). The van der Waals surface area contributed by atoms with Crippen molar-refractivity contribution in [1.29, 1.82) is 0 Å². The van der Waals surface area contributed by atoms with E-state index in [1.54, 1.807) is 4.90 Å². The van der Waals surface area contributed by atoms with Crippen molar-refractivity contribution in [2.45, 2.75) is 52.1 Å². The van der Waals surface area contributed by atoms with Crippen molar-refractivity contribution >= 4 is 6.09 Å². The fraction of sp³-hybridized carbons (Fsp3) is 0.929. The van der Waals surface area contributed by atoms with E-state index in [9.17, 15) is 4.79 Å². The molecule has 0 aromatic rings. The zero-order valence-electron chi connectivity index (χ0n) is 11.9. The Labute approximate surface area is 110 Å². The van der Waals surface area contributed by atoms with Crippen molar-refractivity contribution in [3.63, 3.8) is 0 Å². The number of rotatable bonds is 4. The van der Waals surface area contributed by atoms with Gasteiger partial charge in [0.25, 0.3) is 0 Å². The molecule has 4 nitrogen and oxygen atoms in total. The number of carbonyl (C=O) groups excluding carboxylic acids is 1. The van der Waals surface area contributed by atoms with Crippen LogP contribution in [0, 0.1) is 11.8 Å². The molecule has 0 radical (unpaired) electrons. The minimum Gasteiger partial charge on any atom is -0.443 e. The van der Waals surface area contributed by atoms with E-state index in [2.05, 4.69) is 12.2 Å². The molecule has 104 valence electrons. The van der Waals surface area contributed by atoms with Gasteiger partial charge >= 0.3 is 6.09 Å². The highest BCUT2D eigenvalue weighted by Crippen LogP contribution is 2.28. The quantitative estimate of drug-likeness (QED) is 0.781. The van der Waals surface area contributed by atoms with Crippen molar-refractivity contribution in [2.75, 3.05) is 19.7 Å². The van der Waals surface area contributed by atoms with Gasteiger partial charge in [0, 0.05) is 24.8 Å². The lowest BCUT2D eigenvalue weighted by molar-refractivity contribution is -0.946. The fourth-order valence-corrected chi connectivity index (χ4v) is 3.54. The Kier molecular flexibility index (Phi) is 4.49. The minimum atomic E-state index is -0.265. The summed E-state index contributed by atoms with van der Waals surface area (Å²) in [5, 5.41) is 2.78.